The zero-order valence-electron chi connectivity index (χ0n) is 11.6. The van der Waals surface area contributed by atoms with Gasteiger partial charge in [-0.15, -0.1) is 0 Å². The molecule has 0 rings (SSSR count). The van der Waals surface area contributed by atoms with Crippen LogP contribution in [0.3, 0.4) is 0 Å². The molecule has 0 unspecified atom stereocenters. The molecule has 0 aliphatic heterocycles. The Balaban J connectivity index is -0.0000000395. The summed E-state index contributed by atoms with van der Waals surface area (Å²) in [5.74, 6) is 13.1. The first kappa shape index (κ1) is 30.4. The Bertz CT molecular complexity index is 157. The number of ketones is 1. The molecule has 17 heavy (non-hydrogen) atoms. The molecule has 0 aliphatic rings. The van der Waals surface area contributed by atoms with Crippen LogP contribution < -0.4 is 17.5 Å². The minimum atomic E-state index is -0.222. The molecule has 0 aliphatic carbocycles. The zero-order valence-corrected chi connectivity index (χ0v) is 16.0. The Morgan fingerprint density at radius 2 is 1.35 bits per heavy atom. The fourth-order valence-corrected chi connectivity index (χ4v) is 0.0913. The van der Waals surface area contributed by atoms with E-state index in [1.54, 1.807) is 6.92 Å². The van der Waals surface area contributed by atoms with Gasteiger partial charge in [0.05, 0.1) is 0 Å². The van der Waals surface area contributed by atoms with Crippen molar-refractivity contribution in [2.75, 3.05) is 7.11 Å². The summed E-state index contributed by atoms with van der Waals surface area (Å²) in [6.45, 7) is 7.36. The van der Waals surface area contributed by atoms with Gasteiger partial charge in [0.2, 0.25) is 0 Å². The molecule has 0 amide bonds. The summed E-state index contributed by atoms with van der Waals surface area (Å²) in [7, 11) is 1.00. The Morgan fingerprint density at radius 3 is 1.35 bits per heavy atom. The predicted molar refractivity (Wildman–Crippen MR) is 71.5 cm³/mol. The molecule has 0 radical (unpaired) electrons. The maximum absolute atomic E-state index is 9.81. The third-order valence-corrected chi connectivity index (χ3v) is 1.23. The summed E-state index contributed by atoms with van der Waals surface area (Å²) < 4.78 is 8.44. The van der Waals surface area contributed by atoms with Crippen LogP contribution in [-0.4, -0.2) is 70.4 Å². The second kappa shape index (κ2) is 44.0. The first-order valence-corrected chi connectivity index (χ1v) is 6.69. The molecule has 0 aromatic rings. The van der Waals surface area contributed by atoms with Crippen molar-refractivity contribution in [1.82, 2.24) is 0 Å². The number of nitrogens with zero attached hydrogens (tertiary/aromatic N) is 1. The van der Waals surface area contributed by atoms with Gasteiger partial charge in [0.25, 0.3) is 0 Å². The molecule has 102 valence electrons. The average molecular weight is 376 g/mol. The van der Waals surface area contributed by atoms with Crippen LogP contribution in [0.1, 0.15) is 40.5 Å². The quantitative estimate of drug-likeness (QED) is 0.224. The van der Waals surface area contributed by atoms with Crippen molar-refractivity contribution >= 4 is 58.2 Å². The van der Waals surface area contributed by atoms with Crippen LogP contribution in [-0.2, 0) is 4.83 Å². The Kier molecular flexibility index (Phi) is 78.8. The maximum atomic E-state index is 9.81. The molecule has 0 saturated carbocycles. The molecule has 0 bridgehead atoms. The number of hydrazine groups is 1. The first-order chi connectivity index (χ1) is 8.08. The van der Waals surface area contributed by atoms with E-state index in [9.17, 15) is 4.79 Å². The number of aliphatic hydroxyl groups excluding tert-OH is 1. The van der Waals surface area contributed by atoms with Gasteiger partial charge in [-0.2, -0.15) is 5.10 Å². The van der Waals surface area contributed by atoms with Crippen LogP contribution in [0, 0.1) is 0 Å². The number of rotatable bonds is 2. The van der Waals surface area contributed by atoms with Crippen molar-refractivity contribution in [1.29, 1.82) is 0 Å². The topological polar surface area (TPSA) is 145 Å². The van der Waals surface area contributed by atoms with Gasteiger partial charge in [0.15, 0.2) is 0 Å². The molecule has 0 aromatic heterocycles. The molecule has 0 fully saturated rings. The number of hydrazone groups is 1. The van der Waals surface area contributed by atoms with E-state index in [2.05, 4.69) is 16.8 Å². The Morgan fingerprint density at radius 1 is 1.12 bits per heavy atom. The van der Waals surface area contributed by atoms with E-state index < -0.39 is 0 Å². The molecule has 7 nitrogen and oxygen atoms in total. The minimum absolute atomic E-state index is 0.222. The fourth-order valence-electron chi connectivity index (χ4n) is 0.0913. The summed E-state index contributed by atoms with van der Waals surface area (Å²) in [5.41, 5.74) is 0.995. The Hall–Kier alpha value is 0.391. The number of hydrogen-bond acceptors (Lipinski definition) is 7. The predicted octanol–water partition coefficient (Wildman–Crippen LogP) is -0.356. The van der Waals surface area contributed by atoms with Crippen LogP contribution in [0.15, 0.2) is 5.10 Å². The molecule has 0 spiro atoms. The van der Waals surface area contributed by atoms with Crippen molar-refractivity contribution in [2.24, 2.45) is 22.6 Å². The van der Waals surface area contributed by atoms with Gasteiger partial charge in [-0.1, -0.05) is 13.8 Å². The molecular formula is C9H26BaN4O3. The third-order valence-electron chi connectivity index (χ3n) is 1.23. The molecule has 0 aromatic carbocycles. The summed E-state index contributed by atoms with van der Waals surface area (Å²) >= 11 is -0.222. The van der Waals surface area contributed by atoms with Gasteiger partial charge in [0, 0.05) is 19.2 Å². The van der Waals surface area contributed by atoms with Crippen LogP contribution in [0.2, 0.25) is 0 Å². The molecule has 8 heteroatoms. The van der Waals surface area contributed by atoms with Crippen molar-refractivity contribution in [2.45, 2.75) is 40.5 Å². The zero-order chi connectivity index (χ0) is 15.3. The number of carbonyl (C=O) groups is 1. The van der Waals surface area contributed by atoms with E-state index in [-0.39, 0.29) is 52.5 Å². The van der Waals surface area contributed by atoms with Gasteiger partial charge in [-0.3, -0.25) is 11.7 Å². The van der Waals surface area contributed by atoms with E-state index in [0.29, 0.717) is 6.42 Å². The summed E-state index contributed by atoms with van der Waals surface area (Å²) in [4.78, 5) is 9.81. The van der Waals surface area contributed by atoms with Crippen molar-refractivity contribution < 1.29 is 9.94 Å². The number of hydrogen-bond donors (Lipinski definition) is 4. The summed E-state index contributed by atoms with van der Waals surface area (Å²) in [6, 6.07) is 0. The monoisotopic (exact) mass is 376 g/mol. The normalized spacial score (nSPS) is 7.53. The van der Waals surface area contributed by atoms with Crippen LogP contribution in [0.4, 0.5) is 0 Å². The molecule has 7 N–H and O–H groups in total. The van der Waals surface area contributed by atoms with Gasteiger partial charge < -0.3 is 15.7 Å². The van der Waals surface area contributed by atoms with Crippen molar-refractivity contribution in [3.8, 4) is 0 Å². The van der Waals surface area contributed by atoms with Crippen LogP contribution >= 0.6 is 0 Å². The fraction of sp³-hybridized carbons (Fsp3) is 0.778. The third kappa shape index (κ3) is 83.1. The number of nitrogens with two attached hydrogens (primary N) is 3. The van der Waals surface area contributed by atoms with E-state index >= 15 is 0 Å². The second-order valence-corrected chi connectivity index (χ2v) is 2.27. The van der Waals surface area contributed by atoms with Gasteiger partial charge in [-0.25, -0.2) is 0 Å². The summed E-state index contributed by atoms with van der Waals surface area (Å²) in [6.07, 6.45) is 1.62. The molecule has 0 saturated heterocycles. The van der Waals surface area contributed by atoms with Crippen molar-refractivity contribution in [3.63, 3.8) is 0 Å². The van der Waals surface area contributed by atoms with Crippen LogP contribution in [0.25, 0.3) is 0 Å². The first-order valence-electron chi connectivity index (χ1n) is 4.88. The van der Waals surface area contributed by atoms with E-state index in [0.717, 1.165) is 19.2 Å². The second-order valence-electron chi connectivity index (χ2n) is 2.27. The van der Waals surface area contributed by atoms with E-state index in [1.165, 1.54) is 0 Å². The molecular weight excluding hydrogens is 349 g/mol. The Labute approximate surface area is 137 Å². The standard InChI is InChI=1S/C4H10N2.C4H8O.CH4O.Ba.H4N2.O/c1-3-4(2)6-5;1-3-4(2)5;1-2;;1-2;/h3,5H2,1-2H3;3H2,1-2H3;2H,1H3;;1-2H2;/b6-4-;;;;;. The van der Waals surface area contributed by atoms with Gasteiger partial charge in [0.1, 0.15) is 5.78 Å². The van der Waals surface area contributed by atoms with E-state index in [1.807, 2.05) is 20.8 Å². The molecule has 0 heterocycles. The average Bonchev–Trinajstić information content (AvgIpc) is 2.45. The van der Waals surface area contributed by atoms with Gasteiger partial charge in [-0.05, 0) is 20.3 Å². The van der Waals surface area contributed by atoms with Crippen molar-refractivity contribution in [3.05, 3.63) is 0 Å². The van der Waals surface area contributed by atoms with Gasteiger partial charge >= 0.3 is 46.8 Å². The van der Waals surface area contributed by atoms with Crippen LogP contribution in [0.5, 0.6) is 0 Å². The number of Topliss-reactive ketones (excluding diaryl/α,β-unsaturated/α-hetero) is 1. The SMILES string of the molecule is CC/C(C)=N\N.CCC(C)=O.CO.NN.[O]=[Ba]. The summed E-state index contributed by atoms with van der Waals surface area (Å²) in [5, 5.41) is 10.4. The number of carbonyl (C=O) groups excluding carboxylic acids is 1. The van der Waals surface area contributed by atoms with E-state index in [4.69, 9.17) is 11.0 Å². The number of aliphatic hydroxyl groups is 1. The molecule has 0 atom stereocenters.